The van der Waals surface area contributed by atoms with E-state index >= 15 is 0 Å². The van der Waals surface area contributed by atoms with Crippen molar-refractivity contribution >= 4 is 17.7 Å². The molecule has 3 heteroatoms. The highest BCUT2D eigenvalue weighted by Crippen LogP contribution is 1.95. The molecule has 0 heterocycles. The second-order valence-electron chi connectivity index (χ2n) is 2.09. The Morgan fingerprint density at radius 3 is 2.50 bits per heavy atom. The van der Waals surface area contributed by atoms with Crippen molar-refractivity contribution in [1.82, 2.24) is 4.90 Å². The van der Waals surface area contributed by atoms with Crippen LogP contribution in [0.25, 0.3) is 0 Å². The molecule has 0 fully saturated rings. The first kappa shape index (κ1) is 9.82. The average molecular weight is 161 g/mol. The normalized spacial score (nSPS) is 9.50. The Hall–Kier alpha value is -0.180. The van der Waals surface area contributed by atoms with Gasteiger partial charge in [-0.2, -0.15) is 11.8 Å². The van der Waals surface area contributed by atoms with Gasteiger partial charge in [-0.05, 0) is 13.2 Å². The third kappa shape index (κ3) is 3.77. The molecule has 0 saturated carbocycles. The number of hydrogen-bond donors (Lipinski definition) is 0. The van der Waals surface area contributed by atoms with E-state index in [-0.39, 0.29) is 5.91 Å². The van der Waals surface area contributed by atoms with Gasteiger partial charge in [-0.25, -0.2) is 0 Å². The Kier molecular flexibility index (Phi) is 5.49. The highest BCUT2D eigenvalue weighted by atomic mass is 32.2. The van der Waals surface area contributed by atoms with Crippen LogP contribution in [-0.4, -0.2) is 35.9 Å². The summed E-state index contributed by atoms with van der Waals surface area (Å²) in [6.45, 7) is 5.33. The summed E-state index contributed by atoms with van der Waals surface area (Å²) in [5.41, 5.74) is 0. The molecule has 0 saturated heterocycles. The van der Waals surface area contributed by atoms with Crippen molar-refractivity contribution in [3.05, 3.63) is 0 Å². The van der Waals surface area contributed by atoms with Gasteiger partial charge in [0.15, 0.2) is 0 Å². The SMILES string of the molecule is CCN(CCSC)C(C)=O. The predicted molar refractivity (Wildman–Crippen MR) is 46.3 cm³/mol. The highest BCUT2D eigenvalue weighted by Gasteiger charge is 2.02. The molecule has 0 aromatic rings. The first-order chi connectivity index (χ1) is 4.72. The van der Waals surface area contributed by atoms with E-state index in [4.69, 9.17) is 0 Å². The maximum Gasteiger partial charge on any atom is 0.219 e. The Balaban J connectivity index is 3.50. The zero-order valence-corrected chi connectivity index (χ0v) is 7.70. The van der Waals surface area contributed by atoms with Crippen molar-refractivity contribution in [3.63, 3.8) is 0 Å². The largest absolute Gasteiger partial charge is 0.342 e. The summed E-state index contributed by atoms with van der Waals surface area (Å²) >= 11 is 1.77. The lowest BCUT2D eigenvalue weighted by Crippen LogP contribution is -2.30. The van der Waals surface area contributed by atoms with Crippen LogP contribution in [-0.2, 0) is 4.79 Å². The lowest BCUT2D eigenvalue weighted by Gasteiger charge is -2.17. The Bertz CT molecular complexity index is 106. The molecule has 0 N–H and O–H groups in total. The summed E-state index contributed by atoms with van der Waals surface area (Å²) in [6, 6.07) is 0. The molecular formula is C7H15NOS. The van der Waals surface area contributed by atoms with Crippen LogP contribution in [0, 0.1) is 0 Å². The monoisotopic (exact) mass is 161 g/mol. The van der Waals surface area contributed by atoms with Crippen molar-refractivity contribution in [2.45, 2.75) is 13.8 Å². The number of nitrogens with zero attached hydrogens (tertiary/aromatic N) is 1. The van der Waals surface area contributed by atoms with Gasteiger partial charge in [0, 0.05) is 25.8 Å². The molecule has 0 rings (SSSR count). The van der Waals surface area contributed by atoms with Gasteiger partial charge in [-0.3, -0.25) is 4.79 Å². The molecule has 2 nitrogen and oxygen atoms in total. The molecule has 0 aromatic carbocycles. The summed E-state index contributed by atoms with van der Waals surface area (Å²) in [5, 5.41) is 0. The topological polar surface area (TPSA) is 20.3 Å². The number of thioether (sulfide) groups is 1. The second-order valence-corrected chi connectivity index (χ2v) is 3.08. The fraction of sp³-hybridized carbons (Fsp3) is 0.857. The molecule has 60 valence electrons. The van der Waals surface area contributed by atoms with Gasteiger partial charge in [-0.1, -0.05) is 0 Å². The molecule has 0 spiro atoms. The summed E-state index contributed by atoms with van der Waals surface area (Å²) < 4.78 is 0. The lowest BCUT2D eigenvalue weighted by atomic mass is 10.5. The van der Waals surface area contributed by atoms with E-state index < -0.39 is 0 Å². The van der Waals surface area contributed by atoms with Crippen molar-refractivity contribution in [1.29, 1.82) is 0 Å². The number of carbonyl (C=O) groups is 1. The molecular weight excluding hydrogens is 146 g/mol. The van der Waals surface area contributed by atoms with Crippen LogP contribution < -0.4 is 0 Å². The zero-order valence-electron chi connectivity index (χ0n) is 6.89. The maximum atomic E-state index is 10.8. The van der Waals surface area contributed by atoms with Crippen LogP contribution in [0.1, 0.15) is 13.8 Å². The molecule has 0 atom stereocenters. The molecule has 0 bridgehead atoms. The molecule has 1 amide bonds. The van der Waals surface area contributed by atoms with Gasteiger partial charge < -0.3 is 4.90 Å². The van der Waals surface area contributed by atoms with E-state index in [2.05, 4.69) is 0 Å². The smallest absolute Gasteiger partial charge is 0.219 e. The van der Waals surface area contributed by atoms with Crippen molar-refractivity contribution in [2.75, 3.05) is 25.1 Å². The van der Waals surface area contributed by atoms with Crippen molar-refractivity contribution in [2.24, 2.45) is 0 Å². The van der Waals surface area contributed by atoms with Gasteiger partial charge in [0.05, 0.1) is 0 Å². The summed E-state index contributed by atoms with van der Waals surface area (Å²) in [6.07, 6.45) is 2.05. The molecule has 0 aliphatic rings. The van der Waals surface area contributed by atoms with E-state index in [0.29, 0.717) is 0 Å². The summed E-state index contributed by atoms with van der Waals surface area (Å²) in [5.74, 6) is 1.21. The van der Waals surface area contributed by atoms with Gasteiger partial charge >= 0.3 is 0 Å². The minimum atomic E-state index is 0.177. The molecule has 0 aromatic heterocycles. The van der Waals surface area contributed by atoms with Crippen molar-refractivity contribution < 1.29 is 4.79 Å². The highest BCUT2D eigenvalue weighted by molar-refractivity contribution is 7.98. The van der Waals surface area contributed by atoms with Gasteiger partial charge in [0.25, 0.3) is 0 Å². The van der Waals surface area contributed by atoms with Crippen LogP contribution in [0.4, 0.5) is 0 Å². The molecule has 10 heavy (non-hydrogen) atoms. The van der Waals surface area contributed by atoms with Gasteiger partial charge in [0.2, 0.25) is 5.91 Å². The summed E-state index contributed by atoms with van der Waals surface area (Å²) in [4.78, 5) is 12.6. The van der Waals surface area contributed by atoms with Gasteiger partial charge in [0.1, 0.15) is 0 Å². The average Bonchev–Trinajstić information content (AvgIpc) is 1.89. The van der Waals surface area contributed by atoms with E-state index in [0.717, 1.165) is 18.8 Å². The Morgan fingerprint density at radius 1 is 1.60 bits per heavy atom. The molecule has 0 aliphatic carbocycles. The first-order valence-corrected chi connectivity index (χ1v) is 4.86. The molecule has 0 radical (unpaired) electrons. The van der Waals surface area contributed by atoms with E-state index in [1.54, 1.807) is 18.7 Å². The standard InChI is InChI=1S/C7H15NOS/c1-4-8(7(2)9)5-6-10-3/h4-6H2,1-3H3. The van der Waals surface area contributed by atoms with E-state index in [9.17, 15) is 4.79 Å². The van der Waals surface area contributed by atoms with Crippen LogP contribution >= 0.6 is 11.8 Å². The fourth-order valence-corrected chi connectivity index (χ4v) is 1.14. The summed E-state index contributed by atoms with van der Waals surface area (Å²) in [7, 11) is 0. The van der Waals surface area contributed by atoms with Crippen molar-refractivity contribution in [3.8, 4) is 0 Å². The number of hydrogen-bond acceptors (Lipinski definition) is 2. The number of amides is 1. The number of rotatable bonds is 4. The first-order valence-electron chi connectivity index (χ1n) is 3.46. The maximum absolute atomic E-state index is 10.8. The quantitative estimate of drug-likeness (QED) is 0.618. The molecule has 0 unspecified atom stereocenters. The van der Waals surface area contributed by atoms with Crippen LogP contribution in [0.2, 0.25) is 0 Å². The predicted octanol–water partition coefficient (Wildman–Crippen LogP) is 1.22. The third-order valence-corrected chi connectivity index (χ3v) is 1.98. The van der Waals surface area contributed by atoms with E-state index in [1.807, 2.05) is 18.1 Å². The van der Waals surface area contributed by atoms with Crippen LogP contribution in [0.5, 0.6) is 0 Å². The Labute approximate surface area is 67.0 Å². The fourth-order valence-electron chi connectivity index (χ4n) is 0.740. The minimum absolute atomic E-state index is 0.177. The van der Waals surface area contributed by atoms with E-state index in [1.165, 1.54) is 0 Å². The van der Waals surface area contributed by atoms with Crippen LogP contribution in [0.3, 0.4) is 0 Å². The molecule has 0 aliphatic heterocycles. The second kappa shape index (κ2) is 5.59. The van der Waals surface area contributed by atoms with Gasteiger partial charge in [-0.15, -0.1) is 0 Å². The Morgan fingerprint density at radius 2 is 2.20 bits per heavy atom. The number of carbonyl (C=O) groups excluding carboxylic acids is 1. The minimum Gasteiger partial charge on any atom is -0.342 e. The zero-order chi connectivity index (χ0) is 7.98. The lowest BCUT2D eigenvalue weighted by molar-refractivity contribution is -0.128. The third-order valence-electron chi connectivity index (χ3n) is 1.39. The van der Waals surface area contributed by atoms with Crippen LogP contribution in [0.15, 0.2) is 0 Å².